The summed E-state index contributed by atoms with van der Waals surface area (Å²) in [6.07, 6.45) is 5.97. The van der Waals surface area contributed by atoms with Crippen molar-refractivity contribution >= 4 is 11.8 Å². The minimum Gasteiger partial charge on any atom is -0.340 e. The van der Waals surface area contributed by atoms with Crippen molar-refractivity contribution in [3.8, 4) is 11.3 Å². The molecule has 1 aromatic carbocycles. The molecule has 3 heteroatoms. The van der Waals surface area contributed by atoms with Crippen molar-refractivity contribution in [1.82, 2.24) is 9.55 Å². The van der Waals surface area contributed by atoms with E-state index < -0.39 is 0 Å². The Hall–Kier alpha value is -1.22. The Bertz CT molecular complexity index is 474. The third kappa shape index (κ3) is 2.07. The number of aryl methyl sites for hydroxylation is 2. The second-order valence-electron chi connectivity index (χ2n) is 3.61. The van der Waals surface area contributed by atoms with Crippen LogP contribution in [0, 0.1) is 6.92 Å². The van der Waals surface area contributed by atoms with Gasteiger partial charge in [-0.05, 0) is 30.9 Å². The summed E-state index contributed by atoms with van der Waals surface area (Å²) in [4.78, 5) is 5.65. The quantitative estimate of drug-likeness (QED) is 0.721. The van der Waals surface area contributed by atoms with Crippen LogP contribution in [0.15, 0.2) is 35.6 Å². The van der Waals surface area contributed by atoms with Crippen LogP contribution in [0.25, 0.3) is 11.3 Å². The van der Waals surface area contributed by atoms with Crippen molar-refractivity contribution in [2.75, 3.05) is 6.26 Å². The summed E-state index contributed by atoms with van der Waals surface area (Å²) in [6, 6.07) is 6.49. The van der Waals surface area contributed by atoms with Gasteiger partial charge in [0.25, 0.3) is 0 Å². The maximum absolute atomic E-state index is 4.38. The van der Waals surface area contributed by atoms with Gasteiger partial charge in [-0.1, -0.05) is 6.07 Å². The number of nitrogens with zero attached hydrogens (tertiary/aromatic N) is 2. The van der Waals surface area contributed by atoms with Gasteiger partial charge in [0.1, 0.15) is 0 Å². The molecule has 0 fully saturated rings. The molecular weight excluding hydrogens is 204 g/mol. The van der Waals surface area contributed by atoms with Gasteiger partial charge >= 0.3 is 0 Å². The van der Waals surface area contributed by atoms with Crippen LogP contribution in [0.4, 0.5) is 0 Å². The molecular formula is C12H14N2S. The number of imidazole rings is 1. The van der Waals surface area contributed by atoms with Gasteiger partial charge in [0.05, 0.1) is 12.0 Å². The van der Waals surface area contributed by atoms with Crippen LogP contribution in [0.1, 0.15) is 5.56 Å². The molecule has 1 aromatic heterocycles. The summed E-state index contributed by atoms with van der Waals surface area (Å²) in [5.74, 6) is 0. The summed E-state index contributed by atoms with van der Waals surface area (Å²) < 4.78 is 1.97. The van der Waals surface area contributed by atoms with E-state index in [2.05, 4.69) is 36.4 Å². The summed E-state index contributed by atoms with van der Waals surface area (Å²) >= 11 is 1.76. The Morgan fingerprint density at radius 3 is 2.73 bits per heavy atom. The predicted octanol–water partition coefficient (Wildman–Crippen LogP) is 3.12. The summed E-state index contributed by atoms with van der Waals surface area (Å²) in [6.45, 7) is 2.12. The smallest absolute Gasteiger partial charge is 0.0951 e. The molecule has 78 valence electrons. The molecule has 0 unspecified atom stereocenters. The Labute approximate surface area is 94.3 Å². The lowest BCUT2D eigenvalue weighted by atomic mass is 10.1. The molecule has 1 heterocycles. The Kier molecular flexibility index (Phi) is 2.82. The van der Waals surface area contributed by atoms with Crippen molar-refractivity contribution in [1.29, 1.82) is 0 Å². The predicted molar refractivity (Wildman–Crippen MR) is 65.2 cm³/mol. The van der Waals surface area contributed by atoms with Crippen molar-refractivity contribution in [2.45, 2.75) is 11.8 Å². The van der Waals surface area contributed by atoms with Crippen LogP contribution < -0.4 is 0 Å². The molecule has 2 rings (SSSR count). The first-order chi connectivity index (χ1) is 7.20. The molecule has 0 amide bonds. The lowest BCUT2D eigenvalue weighted by molar-refractivity contribution is 0.913. The highest BCUT2D eigenvalue weighted by Crippen LogP contribution is 2.26. The van der Waals surface area contributed by atoms with Crippen LogP contribution in [-0.2, 0) is 7.05 Å². The molecule has 0 saturated carbocycles. The fraction of sp³-hybridized carbons (Fsp3) is 0.250. The van der Waals surface area contributed by atoms with Crippen molar-refractivity contribution < 1.29 is 0 Å². The lowest BCUT2D eigenvalue weighted by Crippen LogP contribution is -1.84. The number of benzene rings is 1. The van der Waals surface area contributed by atoms with Crippen LogP contribution in [0.5, 0.6) is 0 Å². The lowest BCUT2D eigenvalue weighted by Gasteiger charge is -2.04. The topological polar surface area (TPSA) is 17.8 Å². The number of hydrogen-bond donors (Lipinski definition) is 0. The van der Waals surface area contributed by atoms with E-state index in [0.717, 1.165) is 5.69 Å². The average Bonchev–Trinajstić information content (AvgIpc) is 2.65. The van der Waals surface area contributed by atoms with Crippen LogP contribution in [0.2, 0.25) is 0 Å². The normalized spacial score (nSPS) is 10.6. The zero-order valence-corrected chi connectivity index (χ0v) is 10.0. The highest BCUT2D eigenvalue weighted by atomic mass is 32.2. The number of thioether (sulfide) groups is 1. The molecule has 0 N–H and O–H groups in total. The van der Waals surface area contributed by atoms with Gasteiger partial charge < -0.3 is 4.57 Å². The summed E-state index contributed by atoms with van der Waals surface area (Å²) in [7, 11) is 1.99. The van der Waals surface area contributed by atoms with Crippen LogP contribution >= 0.6 is 11.8 Å². The van der Waals surface area contributed by atoms with Crippen molar-refractivity contribution in [3.63, 3.8) is 0 Å². The minimum atomic E-state index is 1.05. The van der Waals surface area contributed by atoms with Gasteiger partial charge in [-0.2, -0.15) is 0 Å². The van der Waals surface area contributed by atoms with Gasteiger partial charge in [0.15, 0.2) is 0 Å². The van der Waals surface area contributed by atoms with E-state index in [0.29, 0.717) is 0 Å². The molecule has 2 aromatic rings. The highest BCUT2D eigenvalue weighted by molar-refractivity contribution is 7.98. The second-order valence-corrected chi connectivity index (χ2v) is 4.48. The van der Waals surface area contributed by atoms with Gasteiger partial charge in [-0.15, -0.1) is 11.8 Å². The minimum absolute atomic E-state index is 1.05. The van der Waals surface area contributed by atoms with E-state index in [1.165, 1.54) is 16.0 Å². The Balaban J connectivity index is 2.51. The summed E-state index contributed by atoms with van der Waals surface area (Å²) in [5, 5.41) is 0. The molecule has 0 aliphatic carbocycles. The zero-order chi connectivity index (χ0) is 10.8. The fourth-order valence-corrected chi connectivity index (χ4v) is 2.00. The zero-order valence-electron chi connectivity index (χ0n) is 9.19. The standard InChI is InChI=1S/C12H14N2S/c1-9-4-5-10(15-3)6-11(9)12-7-14(2)8-13-12/h4-8H,1-3H3. The maximum atomic E-state index is 4.38. The maximum Gasteiger partial charge on any atom is 0.0951 e. The van der Waals surface area contributed by atoms with E-state index in [-0.39, 0.29) is 0 Å². The third-order valence-corrected chi connectivity index (χ3v) is 3.15. The molecule has 0 spiro atoms. The second kappa shape index (κ2) is 4.11. The monoisotopic (exact) mass is 218 g/mol. The van der Waals surface area contributed by atoms with Gasteiger partial charge in [0, 0.05) is 23.7 Å². The summed E-state index contributed by atoms with van der Waals surface area (Å²) in [5.41, 5.74) is 3.54. The van der Waals surface area contributed by atoms with Gasteiger partial charge in [0.2, 0.25) is 0 Å². The van der Waals surface area contributed by atoms with E-state index in [1.807, 2.05) is 24.1 Å². The first-order valence-electron chi connectivity index (χ1n) is 4.83. The Morgan fingerprint density at radius 2 is 2.13 bits per heavy atom. The Morgan fingerprint density at radius 1 is 1.33 bits per heavy atom. The van der Waals surface area contributed by atoms with E-state index in [9.17, 15) is 0 Å². The molecule has 0 radical (unpaired) electrons. The van der Waals surface area contributed by atoms with E-state index in [4.69, 9.17) is 0 Å². The molecule has 0 aliphatic rings. The van der Waals surface area contributed by atoms with Crippen molar-refractivity contribution in [3.05, 3.63) is 36.3 Å². The van der Waals surface area contributed by atoms with Gasteiger partial charge in [-0.25, -0.2) is 4.98 Å². The van der Waals surface area contributed by atoms with Crippen LogP contribution in [-0.4, -0.2) is 15.8 Å². The van der Waals surface area contributed by atoms with E-state index in [1.54, 1.807) is 11.8 Å². The highest BCUT2D eigenvalue weighted by Gasteiger charge is 2.05. The first-order valence-corrected chi connectivity index (χ1v) is 6.06. The number of aromatic nitrogens is 2. The van der Waals surface area contributed by atoms with E-state index >= 15 is 0 Å². The van der Waals surface area contributed by atoms with Crippen LogP contribution in [0.3, 0.4) is 0 Å². The molecule has 15 heavy (non-hydrogen) atoms. The molecule has 0 saturated heterocycles. The third-order valence-electron chi connectivity index (χ3n) is 2.43. The van der Waals surface area contributed by atoms with Crippen molar-refractivity contribution in [2.24, 2.45) is 7.05 Å². The SMILES string of the molecule is CSc1ccc(C)c(-c2cn(C)cn2)c1. The molecule has 0 aliphatic heterocycles. The van der Waals surface area contributed by atoms with Gasteiger partial charge in [-0.3, -0.25) is 0 Å². The molecule has 2 nitrogen and oxygen atoms in total. The fourth-order valence-electron chi connectivity index (χ4n) is 1.56. The largest absolute Gasteiger partial charge is 0.340 e. The first kappa shape index (κ1) is 10.3. The molecule has 0 bridgehead atoms. The average molecular weight is 218 g/mol. The number of rotatable bonds is 2. The molecule has 0 atom stereocenters. The number of hydrogen-bond acceptors (Lipinski definition) is 2.